The van der Waals surface area contributed by atoms with Crippen molar-refractivity contribution in [1.82, 2.24) is 4.98 Å². The molecule has 0 spiro atoms. The van der Waals surface area contributed by atoms with E-state index in [4.69, 9.17) is 0 Å². The van der Waals surface area contributed by atoms with Crippen LogP contribution in [0.2, 0.25) is 0 Å². The Balaban J connectivity index is 1.94. The van der Waals surface area contributed by atoms with Gasteiger partial charge in [0, 0.05) is 27.8 Å². The molecule has 0 atom stereocenters. The number of aryl methyl sites for hydroxylation is 1. The molecule has 1 heterocycles. The summed E-state index contributed by atoms with van der Waals surface area (Å²) in [4.78, 5) is 15.6. The van der Waals surface area contributed by atoms with Gasteiger partial charge >= 0.3 is 0 Å². The molecule has 3 N–H and O–H groups in total. The molecule has 0 radical (unpaired) electrons. The van der Waals surface area contributed by atoms with E-state index in [-0.39, 0.29) is 11.3 Å². The highest BCUT2D eigenvalue weighted by Gasteiger charge is 2.13. The maximum Gasteiger partial charge on any atom is 0.266 e. The summed E-state index contributed by atoms with van der Waals surface area (Å²) < 4.78 is 0. The molecular weight excluding hydrogens is 302 g/mol. The van der Waals surface area contributed by atoms with Gasteiger partial charge in [0.15, 0.2) is 0 Å². The zero-order chi connectivity index (χ0) is 17.1. The minimum Gasteiger partial charge on any atom is -0.508 e. The number of phenolic OH excluding ortho intramolecular Hbond substituents is 1. The average Bonchev–Trinajstić information content (AvgIpc) is 2.90. The summed E-state index contributed by atoms with van der Waals surface area (Å²) in [5.41, 5.74) is 3.19. The number of hydrogen-bond donors (Lipinski definition) is 3. The lowest BCUT2D eigenvalue weighted by atomic mass is 10.1. The quantitative estimate of drug-likeness (QED) is 0.391. The molecule has 24 heavy (non-hydrogen) atoms. The Morgan fingerprint density at radius 1 is 1.21 bits per heavy atom. The van der Waals surface area contributed by atoms with Crippen molar-refractivity contribution in [3.05, 3.63) is 65.4 Å². The zero-order valence-electron chi connectivity index (χ0n) is 13.0. The number of phenols is 1. The molecule has 0 bridgehead atoms. The van der Waals surface area contributed by atoms with Crippen LogP contribution in [-0.2, 0) is 4.79 Å². The van der Waals surface area contributed by atoms with Gasteiger partial charge in [0.05, 0.1) is 0 Å². The summed E-state index contributed by atoms with van der Waals surface area (Å²) in [7, 11) is 0. The number of carbonyl (C=O) groups excluding carboxylic acids is 1. The summed E-state index contributed by atoms with van der Waals surface area (Å²) in [6.45, 7) is 1.90. The maximum atomic E-state index is 12.3. The number of para-hydroxylation sites is 1. The molecule has 1 amide bonds. The van der Waals surface area contributed by atoms with Gasteiger partial charge in [-0.05, 0) is 43.3 Å². The van der Waals surface area contributed by atoms with E-state index in [1.807, 2.05) is 37.3 Å². The van der Waals surface area contributed by atoms with E-state index in [9.17, 15) is 15.2 Å². The number of H-pyrrole nitrogens is 1. The Kier molecular flexibility index (Phi) is 4.04. The van der Waals surface area contributed by atoms with E-state index in [0.717, 1.165) is 22.2 Å². The van der Waals surface area contributed by atoms with Crippen molar-refractivity contribution < 1.29 is 9.90 Å². The molecule has 1 aromatic heterocycles. The first-order valence-corrected chi connectivity index (χ1v) is 7.38. The number of nitrogens with one attached hydrogen (secondary N) is 2. The Hall–Kier alpha value is -3.52. The third-order valence-corrected chi connectivity index (χ3v) is 3.72. The minimum atomic E-state index is -0.493. The second-order valence-electron chi connectivity index (χ2n) is 5.38. The molecule has 0 fully saturated rings. The van der Waals surface area contributed by atoms with Gasteiger partial charge in [-0.3, -0.25) is 4.79 Å². The Morgan fingerprint density at radius 3 is 2.62 bits per heavy atom. The lowest BCUT2D eigenvalue weighted by molar-refractivity contribution is -0.112. The highest BCUT2D eigenvalue weighted by molar-refractivity contribution is 6.11. The molecule has 0 unspecified atom stereocenters. The van der Waals surface area contributed by atoms with Gasteiger partial charge in [-0.1, -0.05) is 18.2 Å². The van der Waals surface area contributed by atoms with Crippen LogP contribution in [0.25, 0.3) is 17.0 Å². The monoisotopic (exact) mass is 317 g/mol. The summed E-state index contributed by atoms with van der Waals surface area (Å²) >= 11 is 0. The summed E-state index contributed by atoms with van der Waals surface area (Å²) in [5, 5.41) is 22.2. The lowest BCUT2D eigenvalue weighted by Gasteiger charge is -2.04. The summed E-state index contributed by atoms with van der Waals surface area (Å²) in [6.07, 6.45) is 1.59. The molecule has 0 saturated carbocycles. The third-order valence-electron chi connectivity index (χ3n) is 3.72. The summed E-state index contributed by atoms with van der Waals surface area (Å²) in [6, 6.07) is 15.7. The Labute approximate surface area is 138 Å². The number of rotatable bonds is 3. The van der Waals surface area contributed by atoms with Crippen LogP contribution in [0.3, 0.4) is 0 Å². The van der Waals surface area contributed by atoms with Crippen molar-refractivity contribution in [3.63, 3.8) is 0 Å². The number of aromatic nitrogens is 1. The first-order chi connectivity index (χ1) is 11.6. The second-order valence-corrected chi connectivity index (χ2v) is 5.38. The molecule has 0 saturated heterocycles. The van der Waals surface area contributed by atoms with E-state index >= 15 is 0 Å². The third kappa shape index (κ3) is 2.99. The molecule has 3 rings (SSSR count). The zero-order valence-corrected chi connectivity index (χ0v) is 13.0. The van der Waals surface area contributed by atoms with Crippen LogP contribution in [0.4, 0.5) is 5.69 Å². The number of carbonyl (C=O) groups is 1. The highest BCUT2D eigenvalue weighted by atomic mass is 16.3. The van der Waals surface area contributed by atoms with Gasteiger partial charge in [-0.15, -0.1) is 0 Å². The van der Waals surface area contributed by atoms with Crippen molar-refractivity contribution in [2.45, 2.75) is 6.92 Å². The van der Waals surface area contributed by atoms with Crippen molar-refractivity contribution >= 4 is 28.6 Å². The fourth-order valence-electron chi connectivity index (χ4n) is 2.52. The first-order valence-electron chi connectivity index (χ1n) is 7.38. The number of nitriles is 1. The first kappa shape index (κ1) is 15.4. The number of aromatic amines is 1. The van der Waals surface area contributed by atoms with E-state index in [0.29, 0.717) is 5.69 Å². The van der Waals surface area contributed by atoms with Crippen LogP contribution in [0, 0.1) is 18.3 Å². The number of amides is 1. The number of anilines is 1. The molecule has 2 aromatic carbocycles. The predicted molar refractivity (Wildman–Crippen MR) is 93.4 cm³/mol. The second kappa shape index (κ2) is 6.31. The number of nitrogens with zero attached hydrogens (tertiary/aromatic N) is 1. The maximum absolute atomic E-state index is 12.3. The Bertz CT molecular complexity index is 976. The van der Waals surface area contributed by atoms with E-state index in [2.05, 4.69) is 10.3 Å². The molecule has 0 aliphatic carbocycles. The predicted octanol–water partition coefficient (Wildman–Crippen LogP) is 3.73. The van der Waals surface area contributed by atoms with Gasteiger partial charge in [0.2, 0.25) is 0 Å². The van der Waals surface area contributed by atoms with Gasteiger partial charge in [-0.2, -0.15) is 5.26 Å². The van der Waals surface area contributed by atoms with E-state index in [1.54, 1.807) is 18.2 Å². The fourth-order valence-corrected chi connectivity index (χ4v) is 2.52. The average molecular weight is 317 g/mol. The molecule has 0 aliphatic rings. The van der Waals surface area contributed by atoms with Gasteiger partial charge in [-0.25, -0.2) is 0 Å². The SMILES string of the molecule is Cc1[nH]c2ccccc2c1/C=C(/C#N)C(=O)Nc1ccc(O)cc1. The van der Waals surface area contributed by atoms with Crippen molar-refractivity contribution in [1.29, 1.82) is 5.26 Å². The molecule has 0 aliphatic heterocycles. The number of benzene rings is 2. The van der Waals surface area contributed by atoms with Crippen molar-refractivity contribution in [2.75, 3.05) is 5.32 Å². The van der Waals surface area contributed by atoms with Crippen LogP contribution >= 0.6 is 0 Å². The largest absolute Gasteiger partial charge is 0.508 e. The van der Waals surface area contributed by atoms with Crippen LogP contribution < -0.4 is 5.32 Å². The molecule has 3 aromatic rings. The van der Waals surface area contributed by atoms with E-state index in [1.165, 1.54) is 12.1 Å². The number of hydrogen-bond acceptors (Lipinski definition) is 3. The normalized spacial score (nSPS) is 11.2. The topological polar surface area (TPSA) is 88.9 Å². The smallest absolute Gasteiger partial charge is 0.266 e. The van der Waals surface area contributed by atoms with Crippen LogP contribution in [0.5, 0.6) is 5.75 Å². The summed E-state index contributed by atoms with van der Waals surface area (Å²) in [5.74, 6) is -0.383. The van der Waals surface area contributed by atoms with Crippen molar-refractivity contribution in [3.8, 4) is 11.8 Å². The van der Waals surface area contributed by atoms with Gasteiger partial charge in [0.1, 0.15) is 17.4 Å². The van der Waals surface area contributed by atoms with Gasteiger partial charge in [0.25, 0.3) is 5.91 Å². The highest BCUT2D eigenvalue weighted by Crippen LogP contribution is 2.24. The van der Waals surface area contributed by atoms with Crippen molar-refractivity contribution in [2.24, 2.45) is 0 Å². The number of fused-ring (bicyclic) bond motifs is 1. The fraction of sp³-hybridized carbons (Fsp3) is 0.0526. The van der Waals surface area contributed by atoms with Crippen LogP contribution in [0.15, 0.2) is 54.1 Å². The van der Waals surface area contributed by atoms with Crippen LogP contribution in [-0.4, -0.2) is 16.0 Å². The molecule has 5 heteroatoms. The molecular formula is C19H15N3O2. The molecule has 5 nitrogen and oxygen atoms in total. The van der Waals surface area contributed by atoms with E-state index < -0.39 is 5.91 Å². The lowest BCUT2D eigenvalue weighted by Crippen LogP contribution is -2.13. The Morgan fingerprint density at radius 2 is 1.92 bits per heavy atom. The number of aromatic hydroxyl groups is 1. The molecule has 118 valence electrons. The minimum absolute atomic E-state index is 0.0101. The van der Waals surface area contributed by atoms with Gasteiger partial charge < -0.3 is 15.4 Å². The standard InChI is InChI=1S/C19H15N3O2/c1-12-17(16-4-2-3-5-18(16)21-12)10-13(11-20)19(24)22-14-6-8-15(23)9-7-14/h2-10,21,23H,1H3,(H,22,24)/b13-10-. The van der Waals surface area contributed by atoms with Crippen LogP contribution in [0.1, 0.15) is 11.3 Å².